The van der Waals surface area contributed by atoms with Crippen LogP contribution in [0.25, 0.3) is 0 Å². The predicted octanol–water partition coefficient (Wildman–Crippen LogP) is 8.46. The van der Waals surface area contributed by atoms with Crippen molar-refractivity contribution in [3.63, 3.8) is 0 Å². The summed E-state index contributed by atoms with van der Waals surface area (Å²) in [5, 5.41) is 0. The molecule has 59 heavy (non-hydrogen) atoms. The molecule has 0 saturated carbocycles. The highest BCUT2D eigenvalue weighted by Gasteiger charge is 2.42. The van der Waals surface area contributed by atoms with E-state index in [4.69, 9.17) is 37.9 Å². The van der Waals surface area contributed by atoms with Gasteiger partial charge in [-0.1, -0.05) is 34.6 Å². The van der Waals surface area contributed by atoms with Crippen LogP contribution in [0.5, 0.6) is 0 Å². The monoisotopic (exact) mass is 835 g/mol. The predicted molar refractivity (Wildman–Crippen MR) is 221 cm³/mol. The first-order valence-electron chi connectivity index (χ1n) is 23.4. The van der Waals surface area contributed by atoms with Crippen LogP contribution in [-0.4, -0.2) is 97.1 Å². The van der Waals surface area contributed by atoms with Crippen molar-refractivity contribution in [3.8, 4) is 0 Å². The van der Waals surface area contributed by atoms with Crippen LogP contribution in [0.1, 0.15) is 166 Å². The number of hydrogen-bond donors (Lipinski definition) is 0. The van der Waals surface area contributed by atoms with Gasteiger partial charge in [-0.2, -0.15) is 0 Å². The molecule has 5 aliphatic rings. The molecule has 5 saturated heterocycles. The van der Waals surface area contributed by atoms with Crippen molar-refractivity contribution in [2.24, 2.45) is 35.5 Å². The van der Waals surface area contributed by atoms with Gasteiger partial charge < -0.3 is 37.9 Å². The van der Waals surface area contributed by atoms with E-state index in [9.17, 15) is 19.2 Å². The van der Waals surface area contributed by atoms with Gasteiger partial charge in [0.25, 0.3) is 0 Å². The van der Waals surface area contributed by atoms with Crippen molar-refractivity contribution in [2.75, 3.05) is 0 Å². The molecule has 16 atom stereocenters. The molecule has 5 heterocycles. The maximum atomic E-state index is 13.7. The zero-order valence-electron chi connectivity index (χ0n) is 37.9. The van der Waals surface area contributed by atoms with Crippen molar-refractivity contribution < 1.29 is 57.1 Å². The number of esters is 4. The summed E-state index contributed by atoms with van der Waals surface area (Å²) in [5.74, 6) is -2.25. The molecule has 5 rings (SSSR count). The average molecular weight is 835 g/mol. The molecule has 0 spiro atoms. The van der Waals surface area contributed by atoms with Crippen LogP contribution in [0.15, 0.2) is 0 Å². The van der Waals surface area contributed by atoms with E-state index >= 15 is 0 Å². The SMILES string of the molecule is CC[C@@H]1C[C@H]2CC[C@H](O2)[C@H](C)C(=O)O[C@@H](C)C[C@@H]2CC[C@@H](O2)[C@@H](C)C(=O)O[C@H](CC(C)C)C[C@H]2CC[C@H](O2)[C@H](C)C(=O)O[C@@H](CC(C)C)C[C@@H]2CC[C@@H](O2)[C@@H](C)C(=O)O1. The summed E-state index contributed by atoms with van der Waals surface area (Å²) in [5.41, 5.74) is 0. The molecule has 338 valence electrons. The lowest BCUT2D eigenvalue weighted by Gasteiger charge is -2.28. The Morgan fingerprint density at radius 2 is 0.712 bits per heavy atom. The van der Waals surface area contributed by atoms with Gasteiger partial charge in [0.1, 0.15) is 24.4 Å². The molecule has 12 heteroatoms. The van der Waals surface area contributed by atoms with E-state index in [0.717, 1.165) is 51.4 Å². The van der Waals surface area contributed by atoms with E-state index in [1.807, 2.05) is 41.5 Å². The Labute approximate surface area is 354 Å². The van der Waals surface area contributed by atoms with E-state index in [1.165, 1.54) is 0 Å². The Bertz CT molecular complexity index is 1370. The van der Waals surface area contributed by atoms with Gasteiger partial charge in [-0.15, -0.1) is 0 Å². The number of fused-ring (bicyclic) bond motifs is 8. The van der Waals surface area contributed by atoms with Crippen LogP contribution in [0.4, 0.5) is 0 Å². The molecule has 0 amide bonds. The standard InChI is InChI=1S/C47H78O12/c1-11-33-23-35-13-17-40(54-35)29(7)44(48)52-28(6)22-34-12-16-41(53-34)31(9)46(50)58-38(20-26(2)3)25-37-15-19-43(56-37)32(10)47(51)59-39(21-27(4)5)24-36-14-18-42(55-36)30(8)45(49)57-33/h26-43H,11-25H2,1-10H3/t28-,29-,30+,31+,32-,33+,34-,35+,36-,37+,38+,39-,40-,41+,42+,43-/m0/s1. The van der Waals surface area contributed by atoms with Gasteiger partial charge in [-0.3, -0.25) is 19.2 Å². The van der Waals surface area contributed by atoms with E-state index in [0.29, 0.717) is 56.8 Å². The molecule has 0 aliphatic carbocycles. The molecule has 5 aliphatic heterocycles. The van der Waals surface area contributed by atoms with Gasteiger partial charge in [0.2, 0.25) is 0 Å². The van der Waals surface area contributed by atoms with Gasteiger partial charge in [0.15, 0.2) is 0 Å². The van der Waals surface area contributed by atoms with Crippen LogP contribution in [0, 0.1) is 35.5 Å². The summed E-state index contributed by atoms with van der Waals surface area (Å²) in [7, 11) is 0. The van der Waals surface area contributed by atoms with E-state index in [2.05, 4.69) is 27.7 Å². The first-order valence-corrected chi connectivity index (χ1v) is 23.4. The molecular weight excluding hydrogens is 757 g/mol. The van der Waals surface area contributed by atoms with Gasteiger partial charge in [-0.05, 0) is 117 Å². The minimum Gasteiger partial charge on any atom is -0.462 e. The van der Waals surface area contributed by atoms with Crippen molar-refractivity contribution in [2.45, 2.75) is 239 Å². The number of cyclic esters (lactones) is 4. The Hall–Kier alpha value is -2.28. The molecule has 0 radical (unpaired) electrons. The molecule has 0 aromatic rings. The summed E-state index contributed by atoms with van der Waals surface area (Å²) in [6, 6.07) is 0. The Morgan fingerprint density at radius 3 is 1.03 bits per heavy atom. The molecule has 0 N–H and O–H groups in total. The third kappa shape index (κ3) is 13.9. The van der Waals surface area contributed by atoms with Gasteiger partial charge in [-0.25, -0.2) is 0 Å². The lowest BCUT2D eigenvalue weighted by atomic mass is 9.97. The molecule has 0 aromatic carbocycles. The highest BCUT2D eigenvalue weighted by Crippen LogP contribution is 2.36. The molecule has 12 nitrogen and oxygen atoms in total. The highest BCUT2D eigenvalue weighted by molar-refractivity contribution is 5.74. The lowest BCUT2D eigenvalue weighted by molar-refractivity contribution is -0.163. The number of rotatable bonds is 5. The summed E-state index contributed by atoms with van der Waals surface area (Å²) < 4.78 is 50.1. The summed E-state index contributed by atoms with van der Waals surface area (Å²) in [6.07, 6.45) is 7.44. The van der Waals surface area contributed by atoms with Gasteiger partial charge in [0.05, 0.1) is 72.5 Å². The zero-order chi connectivity index (χ0) is 43.0. The molecular formula is C47H78O12. The van der Waals surface area contributed by atoms with Crippen LogP contribution < -0.4 is 0 Å². The fourth-order valence-corrected chi connectivity index (χ4v) is 9.86. The van der Waals surface area contributed by atoms with Crippen LogP contribution in [-0.2, 0) is 57.1 Å². The van der Waals surface area contributed by atoms with Crippen molar-refractivity contribution in [3.05, 3.63) is 0 Å². The zero-order valence-corrected chi connectivity index (χ0v) is 37.9. The largest absolute Gasteiger partial charge is 0.462 e. The highest BCUT2D eigenvalue weighted by atomic mass is 16.6. The average Bonchev–Trinajstić information content (AvgIpc) is 4.01. The Balaban J connectivity index is 1.27. The smallest absolute Gasteiger partial charge is 0.311 e. The van der Waals surface area contributed by atoms with Gasteiger partial charge in [0, 0.05) is 25.7 Å². The Kier molecular flexibility index (Phi) is 18.0. The third-order valence-corrected chi connectivity index (χ3v) is 13.5. The van der Waals surface area contributed by atoms with Crippen molar-refractivity contribution in [1.82, 2.24) is 0 Å². The fourth-order valence-electron chi connectivity index (χ4n) is 9.86. The van der Waals surface area contributed by atoms with Crippen LogP contribution in [0.3, 0.4) is 0 Å². The van der Waals surface area contributed by atoms with Gasteiger partial charge >= 0.3 is 23.9 Å². The number of hydrogen-bond acceptors (Lipinski definition) is 12. The first-order chi connectivity index (χ1) is 28.0. The summed E-state index contributed by atoms with van der Waals surface area (Å²) >= 11 is 0. The van der Waals surface area contributed by atoms with E-state index in [-0.39, 0.29) is 97.1 Å². The maximum absolute atomic E-state index is 13.7. The number of carbonyl (C=O) groups excluding carboxylic acids is 4. The first kappa shape index (κ1) is 47.8. The van der Waals surface area contributed by atoms with Crippen molar-refractivity contribution in [1.29, 1.82) is 0 Å². The quantitative estimate of drug-likeness (QED) is 0.194. The second-order valence-corrected chi connectivity index (χ2v) is 19.7. The minimum absolute atomic E-state index is 0.120. The molecule has 5 fully saturated rings. The topological polar surface area (TPSA) is 142 Å². The second kappa shape index (κ2) is 22.2. The molecule has 8 bridgehead atoms. The molecule has 0 aromatic heterocycles. The summed E-state index contributed by atoms with van der Waals surface area (Å²) in [6.45, 7) is 19.9. The number of carbonyl (C=O) groups is 4. The van der Waals surface area contributed by atoms with E-state index in [1.54, 1.807) is 0 Å². The Morgan fingerprint density at radius 1 is 0.424 bits per heavy atom. The number of ether oxygens (including phenoxy) is 8. The second-order valence-electron chi connectivity index (χ2n) is 19.7. The lowest BCUT2D eigenvalue weighted by Crippen LogP contribution is -2.35. The van der Waals surface area contributed by atoms with E-state index < -0.39 is 23.7 Å². The normalized spacial score (nSPS) is 41.5. The van der Waals surface area contributed by atoms with Crippen LogP contribution >= 0.6 is 0 Å². The maximum Gasteiger partial charge on any atom is 0.311 e. The third-order valence-electron chi connectivity index (χ3n) is 13.5. The van der Waals surface area contributed by atoms with Crippen molar-refractivity contribution >= 4 is 23.9 Å². The summed E-state index contributed by atoms with van der Waals surface area (Å²) in [4.78, 5) is 54.0. The minimum atomic E-state index is -0.448. The molecule has 0 unspecified atom stereocenters. The van der Waals surface area contributed by atoms with Crippen LogP contribution in [0.2, 0.25) is 0 Å². The fraction of sp³-hybridized carbons (Fsp3) is 0.915.